The maximum Gasteiger partial charge on any atom is 0.279 e. The van der Waals surface area contributed by atoms with Crippen LogP contribution in [0, 0.1) is 11.8 Å². The molecule has 0 radical (unpaired) electrons. The SMILES string of the molecule is COCc1noc(CN2C[C@@H](NS(=O)(=O)N(C)C)[C@H](C3CC3)C2)n1. The summed E-state index contributed by atoms with van der Waals surface area (Å²) < 4.78 is 38.6. The first-order valence-corrected chi connectivity index (χ1v) is 9.55. The summed E-state index contributed by atoms with van der Waals surface area (Å²) in [6.45, 7) is 2.34. The largest absolute Gasteiger partial charge is 0.377 e. The fraction of sp³-hybridized carbons (Fsp3) is 0.857. The molecule has 9 nitrogen and oxygen atoms in total. The molecule has 1 aromatic heterocycles. The highest BCUT2D eigenvalue weighted by Crippen LogP contribution is 2.41. The zero-order valence-electron chi connectivity index (χ0n) is 14.3. The van der Waals surface area contributed by atoms with E-state index in [1.54, 1.807) is 7.11 Å². The van der Waals surface area contributed by atoms with E-state index in [1.807, 2.05) is 0 Å². The number of likely N-dealkylation sites (tertiary alicyclic amines) is 1. The Morgan fingerprint density at radius 1 is 1.38 bits per heavy atom. The maximum absolute atomic E-state index is 12.2. The summed E-state index contributed by atoms with van der Waals surface area (Å²) in [5.74, 6) is 2.00. The molecule has 1 N–H and O–H groups in total. The minimum absolute atomic E-state index is 0.0775. The van der Waals surface area contributed by atoms with Gasteiger partial charge in [0, 0.05) is 40.3 Å². The second kappa shape index (κ2) is 7.04. The first-order valence-electron chi connectivity index (χ1n) is 8.11. The predicted molar refractivity (Wildman–Crippen MR) is 86.0 cm³/mol. The van der Waals surface area contributed by atoms with Gasteiger partial charge in [0.1, 0.15) is 6.61 Å². The van der Waals surface area contributed by atoms with Crippen molar-refractivity contribution in [3.8, 4) is 0 Å². The van der Waals surface area contributed by atoms with Crippen molar-refractivity contribution in [2.45, 2.75) is 32.0 Å². The molecule has 3 rings (SSSR count). The fourth-order valence-corrected chi connectivity index (χ4v) is 4.04. The molecule has 1 aliphatic carbocycles. The second-order valence-corrected chi connectivity index (χ2v) is 8.66. The van der Waals surface area contributed by atoms with E-state index < -0.39 is 10.2 Å². The van der Waals surface area contributed by atoms with Crippen LogP contribution in [0.1, 0.15) is 24.6 Å². The molecule has 136 valence electrons. The second-order valence-electron chi connectivity index (χ2n) is 6.74. The zero-order valence-corrected chi connectivity index (χ0v) is 15.1. The Morgan fingerprint density at radius 3 is 2.75 bits per heavy atom. The first kappa shape index (κ1) is 17.7. The van der Waals surface area contributed by atoms with Crippen LogP contribution in [0.15, 0.2) is 4.52 Å². The maximum atomic E-state index is 12.2. The van der Waals surface area contributed by atoms with Crippen LogP contribution < -0.4 is 4.72 Å². The van der Waals surface area contributed by atoms with Gasteiger partial charge < -0.3 is 9.26 Å². The van der Waals surface area contributed by atoms with Gasteiger partial charge >= 0.3 is 0 Å². The van der Waals surface area contributed by atoms with Crippen LogP contribution in [0.2, 0.25) is 0 Å². The standard InChI is InChI=1S/C14H25N5O4S/c1-18(2)24(20,21)17-12-7-19(6-11(12)10-4-5-10)8-14-15-13(9-22-3)16-23-14/h10-12,17H,4-9H2,1-3H3/t11-,12+/m0/s1. The molecule has 1 aromatic rings. The molecule has 0 bridgehead atoms. The van der Waals surface area contributed by atoms with Gasteiger partial charge in [-0.1, -0.05) is 5.16 Å². The van der Waals surface area contributed by atoms with E-state index in [-0.39, 0.29) is 6.04 Å². The van der Waals surface area contributed by atoms with Gasteiger partial charge in [0.2, 0.25) is 5.89 Å². The van der Waals surface area contributed by atoms with Crippen LogP contribution in [0.3, 0.4) is 0 Å². The van der Waals surface area contributed by atoms with E-state index in [0.717, 1.165) is 6.54 Å². The number of aromatic nitrogens is 2. The minimum Gasteiger partial charge on any atom is -0.377 e. The monoisotopic (exact) mass is 359 g/mol. The Labute approximate surface area is 142 Å². The highest BCUT2D eigenvalue weighted by atomic mass is 32.2. The van der Waals surface area contributed by atoms with Gasteiger partial charge in [-0.25, -0.2) is 0 Å². The number of nitrogens with zero attached hydrogens (tertiary/aromatic N) is 4. The van der Waals surface area contributed by atoms with Crippen LogP contribution in [0.4, 0.5) is 0 Å². The molecule has 2 atom stereocenters. The van der Waals surface area contributed by atoms with Crippen molar-refractivity contribution >= 4 is 10.2 Å². The molecular formula is C14H25N5O4S. The molecule has 24 heavy (non-hydrogen) atoms. The van der Waals surface area contributed by atoms with Crippen molar-refractivity contribution in [2.75, 3.05) is 34.3 Å². The Kier molecular flexibility index (Phi) is 5.21. The van der Waals surface area contributed by atoms with Crippen LogP contribution >= 0.6 is 0 Å². The molecule has 0 amide bonds. The van der Waals surface area contributed by atoms with E-state index in [0.29, 0.717) is 43.2 Å². The van der Waals surface area contributed by atoms with E-state index in [2.05, 4.69) is 19.8 Å². The zero-order chi connectivity index (χ0) is 17.3. The van der Waals surface area contributed by atoms with Gasteiger partial charge in [-0.05, 0) is 24.7 Å². The summed E-state index contributed by atoms with van der Waals surface area (Å²) >= 11 is 0. The van der Waals surface area contributed by atoms with Crippen LogP contribution in [0.25, 0.3) is 0 Å². The van der Waals surface area contributed by atoms with E-state index in [9.17, 15) is 8.42 Å². The molecular weight excluding hydrogens is 334 g/mol. The van der Waals surface area contributed by atoms with E-state index >= 15 is 0 Å². The number of hydrogen-bond acceptors (Lipinski definition) is 7. The number of ether oxygens (including phenoxy) is 1. The third-order valence-electron chi connectivity index (χ3n) is 4.59. The van der Waals surface area contributed by atoms with Gasteiger partial charge in [-0.15, -0.1) is 0 Å². The number of nitrogens with one attached hydrogen (secondary N) is 1. The summed E-state index contributed by atoms with van der Waals surface area (Å²) in [6.07, 6.45) is 2.36. The molecule has 1 aliphatic heterocycles. The Bertz CT molecular complexity index is 658. The topological polar surface area (TPSA) is 101 Å². The Morgan fingerprint density at radius 2 is 2.12 bits per heavy atom. The Hall–Kier alpha value is -1.07. The third kappa shape index (κ3) is 4.12. The predicted octanol–water partition coefficient (Wildman–Crippen LogP) is -0.178. The molecule has 1 saturated carbocycles. The summed E-state index contributed by atoms with van der Waals surface area (Å²) in [4.78, 5) is 6.46. The molecule has 0 spiro atoms. The normalized spacial score (nSPS) is 25.7. The Balaban J connectivity index is 1.64. The summed E-state index contributed by atoms with van der Waals surface area (Å²) in [5, 5.41) is 3.86. The first-order chi connectivity index (χ1) is 11.4. The summed E-state index contributed by atoms with van der Waals surface area (Å²) in [6, 6.07) is -0.0775. The molecule has 0 unspecified atom stereocenters. The highest BCUT2D eigenvalue weighted by Gasteiger charge is 2.44. The van der Waals surface area contributed by atoms with E-state index in [4.69, 9.17) is 9.26 Å². The van der Waals surface area contributed by atoms with Crippen molar-refractivity contribution in [1.29, 1.82) is 0 Å². The lowest BCUT2D eigenvalue weighted by atomic mass is 9.99. The van der Waals surface area contributed by atoms with Crippen molar-refractivity contribution in [3.05, 3.63) is 11.7 Å². The lowest BCUT2D eigenvalue weighted by Gasteiger charge is -2.21. The fourth-order valence-electron chi connectivity index (χ4n) is 3.20. The number of methoxy groups -OCH3 is 1. The van der Waals surface area contributed by atoms with Crippen LogP contribution in [0.5, 0.6) is 0 Å². The van der Waals surface area contributed by atoms with Gasteiger partial charge in [0.15, 0.2) is 5.82 Å². The smallest absolute Gasteiger partial charge is 0.279 e. The minimum atomic E-state index is -3.43. The van der Waals surface area contributed by atoms with Crippen molar-refractivity contribution in [3.63, 3.8) is 0 Å². The average molecular weight is 359 g/mol. The molecule has 2 aliphatic rings. The van der Waals surface area contributed by atoms with Crippen molar-refractivity contribution < 1.29 is 17.7 Å². The molecule has 0 aromatic carbocycles. The summed E-state index contributed by atoms with van der Waals surface area (Å²) in [7, 11) is 1.23. The highest BCUT2D eigenvalue weighted by molar-refractivity contribution is 7.87. The summed E-state index contributed by atoms with van der Waals surface area (Å²) in [5.41, 5.74) is 0. The van der Waals surface area contributed by atoms with Gasteiger partial charge in [-0.3, -0.25) is 4.90 Å². The molecule has 2 fully saturated rings. The van der Waals surface area contributed by atoms with E-state index in [1.165, 1.54) is 31.2 Å². The van der Waals surface area contributed by atoms with Gasteiger partial charge in [-0.2, -0.15) is 22.4 Å². The van der Waals surface area contributed by atoms with Crippen LogP contribution in [-0.2, 0) is 28.1 Å². The molecule has 2 heterocycles. The number of hydrogen-bond donors (Lipinski definition) is 1. The quantitative estimate of drug-likeness (QED) is 0.687. The lowest BCUT2D eigenvalue weighted by molar-refractivity contribution is 0.174. The molecule has 10 heteroatoms. The van der Waals surface area contributed by atoms with Crippen molar-refractivity contribution in [1.82, 2.24) is 24.1 Å². The number of rotatable bonds is 8. The third-order valence-corrected chi connectivity index (χ3v) is 6.15. The van der Waals surface area contributed by atoms with Crippen molar-refractivity contribution in [2.24, 2.45) is 11.8 Å². The lowest BCUT2D eigenvalue weighted by Crippen LogP contribution is -2.46. The molecule has 1 saturated heterocycles. The van der Waals surface area contributed by atoms with Crippen LogP contribution in [-0.4, -0.2) is 68.1 Å². The van der Waals surface area contributed by atoms with Gasteiger partial charge in [0.25, 0.3) is 10.2 Å². The average Bonchev–Trinajstić information content (AvgIpc) is 3.14. The van der Waals surface area contributed by atoms with Gasteiger partial charge in [0.05, 0.1) is 6.54 Å².